The van der Waals surface area contributed by atoms with E-state index in [0.717, 1.165) is 99.8 Å². The Morgan fingerprint density at radius 3 is 0.851 bits per heavy atom. The first-order valence-corrected chi connectivity index (χ1v) is 31.7. The van der Waals surface area contributed by atoms with Crippen molar-refractivity contribution in [1.29, 1.82) is 0 Å². The van der Waals surface area contributed by atoms with Gasteiger partial charge in [-0.25, -0.2) is 29.9 Å². The van der Waals surface area contributed by atoms with E-state index in [1.54, 1.807) is 0 Å². The lowest BCUT2D eigenvalue weighted by Gasteiger charge is -2.19. The van der Waals surface area contributed by atoms with Crippen LogP contribution in [0.5, 0.6) is 0 Å². The van der Waals surface area contributed by atoms with E-state index in [4.69, 9.17) is 29.9 Å². The molecule has 4 heterocycles. The maximum Gasteiger partial charge on any atom is 0.164 e. The molecule has 442 valence electrons. The summed E-state index contributed by atoms with van der Waals surface area (Å²) in [4.78, 5) is 31.4. The second-order valence-electron chi connectivity index (χ2n) is 24.0. The lowest BCUT2D eigenvalue weighted by atomic mass is 9.94. The monoisotopic (exact) mass is 1200 g/mol. The minimum absolute atomic E-state index is 0.565. The van der Waals surface area contributed by atoms with E-state index >= 15 is 0 Å². The fourth-order valence-corrected chi connectivity index (χ4v) is 13.4. The highest BCUT2D eigenvalue weighted by atomic mass is 15.0. The Morgan fingerprint density at radius 2 is 0.479 bits per heavy atom. The summed E-state index contributed by atoms with van der Waals surface area (Å²) in [6, 6.07) is 112. The Labute approximate surface area is 544 Å². The predicted molar refractivity (Wildman–Crippen MR) is 386 cm³/mol. The van der Waals surface area contributed by atoms with E-state index in [1.165, 1.54) is 44.2 Å². The number of hydrogen-bond donors (Lipinski definition) is 0. The van der Waals surface area contributed by atoms with Crippen molar-refractivity contribution < 1.29 is 0 Å². The SMILES string of the molecule is Cc1cccc(-c2ccc3c(c2)c2ccccc2n3-c2ccc(-c3nc(-c4ccccc4)nc(-c4ccccc4)n3)cc2-c2cccc(-c3cc(-c4nc(-c5ccccc5)nc(-c5ccccc5)n4)ccc3-n3c4ccccc4c4cc(-c5cccc(C)c5)ccc43)c2)c1. The minimum atomic E-state index is 0.565. The van der Waals surface area contributed by atoms with Gasteiger partial charge in [0.25, 0.3) is 0 Å². The third-order valence-electron chi connectivity index (χ3n) is 17.9. The maximum absolute atomic E-state index is 5.29. The molecule has 0 N–H and O–H groups in total. The molecule has 0 radical (unpaired) electrons. The first-order valence-electron chi connectivity index (χ1n) is 31.7. The Balaban J connectivity index is 0.917. The Morgan fingerprint density at radius 1 is 0.191 bits per heavy atom. The summed E-state index contributed by atoms with van der Waals surface area (Å²) in [6.07, 6.45) is 0. The number of nitrogens with zero attached hydrogens (tertiary/aromatic N) is 8. The van der Waals surface area contributed by atoms with Crippen molar-refractivity contribution in [2.45, 2.75) is 13.8 Å². The standard InChI is InChI=1S/C86H58N8/c1-55-22-19-32-61(48-55)63-40-44-79-73(51-63)69-36-15-17-38-75(69)93(79)77-46-42-67(85-89-81(57-24-7-3-8-25-57)87-82(90-85)58-26-9-4-10-27-58)53-71(77)65-34-21-35-66(50-65)72-54-68(86-91-83(59-28-11-5-12-29-59)88-84(92-86)60-30-13-6-14-31-60)43-47-78(72)94-76-39-18-16-37-70(76)74-52-64(41-45-80(74)94)62-33-20-23-56(2)49-62/h3-54H,1-2H3. The lowest BCUT2D eigenvalue weighted by molar-refractivity contribution is 1.07. The molecule has 0 amide bonds. The predicted octanol–water partition coefficient (Wildman–Crippen LogP) is 21.5. The largest absolute Gasteiger partial charge is 0.309 e. The summed E-state index contributed by atoms with van der Waals surface area (Å²) in [6.45, 7) is 4.30. The van der Waals surface area contributed by atoms with Gasteiger partial charge in [-0.2, -0.15) is 0 Å². The fourth-order valence-electron chi connectivity index (χ4n) is 13.4. The van der Waals surface area contributed by atoms with Crippen molar-refractivity contribution in [1.82, 2.24) is 39.0 Å². The van der Waals surface area contributed by atoms with Gasteiger partial charge < -0.3 is 9.13 Å². The quantitative estimate of drug-likeness (QED) is 0.121. The van der Waals surface area contributed by atoms with Crippen molar-refractivity contribution in [3.63, 3.8) is 0 Å². The molecule has 8 heteroatoms. The van der Waals surface area contributed by atoms with E-state index in [-0.39, 0.29) is 0 Å². The average molecular weight is 1200 g/mol. The van der Waals surface area contributed by atoms with Crippen LogP contribution in [0.15, 0.2) is 315 Å². The molecule has 0 aliphatic carbocycles. The summed E-state index contributed by atoms with van der Waals surface area (Å²) in [7, 11) is 0. The molecule has 0 saturated carbocycles. The second-order valence-corrected chi connectivity index (χ2v) is 24.0. The normalized spacial score (nSPS) is 11.5. The third kappa shape index (κ3) is 10.2. The van der Waals surface area contributed by atoms with Crippen molar-refractivity contribution in [2.75, 3.05) is 0 Å². The molecule has 0 aliphatic rings. The zero-order chi connectivity index (χ0) is 62.6. The van der Waals surface area contributed by atoms with Crippen LogP contribution < -0.4 is 0 Å². The first kappa shape index (κ1) is 55.5. The van der Waals surface area contributed by atoms with Gasteiger partial charge in [-0.3, -0.25) is 0 Å². The van der Waals surface area contributed by atoms with Crippen LogP contribution in [0.3, 0.4) is 0 Å². The average Bonchev–Trinajstić information content (AvgIpc) is 1.56. The maximum atomic E-state index is 5.29. The van der Waals surface area contributed by atoms with Crippen molar-refractivity contribution in [3.8, 4) is 124 Å². The highest BCUT2D eigenvalue weighted by Crippen LogP contribution is 2.44. The summed E-state index contributed by atoms with van der Waals surface area (Å²) >= 11 is 0. The van der Waals surface area contributed by atoms with Crippen molar-refractivity contribution >= 4 is 43.6 Å². The van der Waals surface area contributed by atoms with Crippen LogP contribution in [-0.2, 0) is 0 Å². The molecular weight excluding hydrogens is 1150 g/mol. The van der Waals surface area contributed by atoms with Gasteiger partial charge in [0.15, 0.2) is 34.9 Å². The summed E-state index contributed by atoms with van der Waals surface area (Å²) in [5, 5.41) is 4.66. The minimum Gasteiger partial charge on any atom is -0.309 e. The molecule has 17 rings (SSSR count). The van der Waals surface area contributed by atoms with E-state index in [9.17, 15) is 0 Å². The van der Waals surface area contributed by atoms with Crippen LogP contribution in [0.1, 0.15) is 11.1 Å². The molecule has 0 bridgehead atoms. The number of para-hydroxylation sites is 2. The number of aryl methyl sites for hydroxylation is 2. The Bertz CT molecular complexity index is 5290. The highest BCUT2D eigenvalue weighted by Gasteiger charge is 2.24. The van der Waals surface area contributed by atoms with E-state index in [1.807, 2.05) is 72.8 Å². The zero-order valence-corrected chi connectivity index (χ0v) is 51.6. The van der Waals surface area contributed by atoms with Crippen LogP contribution in [0.25, 0.3) is 168 Å². The van der Waals surface area contributed by atoms with E-state index < -0.39 is 0 Å². The molecular formula is C86H58N8. The number of aromatic nitrogens is 8. The van der Waals surface area contributed by atoms with Gasteiger partial charge in [0.2, 0.25) is 0 Å². The molecule has 13 aromatic carbocycles. The Kier molecular flexibility index (Phi) is 13.8. The van der Waals surface area contributed by atoms with Crippen molar-refractivity contribution in [3.05, 3.63) is 327 Å². The summed E-state index contributed by atoms with van der Waals surface area (Å²) in [5.41, 5.74) is 22.8. The highest BCUT2D eigenvalue weighted by molar-refractivity contribution is 6.12. The van der Waals surface area contributed by atoms with Gasteiger partial charge in [-0.1, -0.05) is 248 Å². The molecule has 0 aliphatic heterocycles. The molecule has 8 nitrogen and oxygen atoms in total. The second kappa shape index (κ2) is 23.4. The molecule has 0 atom stereocenters. The van der Waals surface area contributed by atoms with Gasteiger partial charge in [0, 0.05) is 66.1 Å². The van der Waals surface area contributed by atoms with E-state index in [2.05, 4.69) is 266 Å². The summed E-state index contributed by atoms with van der Waals surface area (Å²) in [5.74, 6) is 3.51. The Hall–Kier alpha value is -12.5. The van der Waals surface area contributed by atoms with Crippen LogP contribution in [-0.4, -0.2) is 39.0 Å². The van der Waals surface area contributed by atoms with Crippen LogP contribution in [0.2, 0.25) is 0 Å². The number of fused-ring (bicyclic) bond motifs is 6. The van der Waals surface area contributed by atoms with Gasteiger partial charge in [-0.15, -0.1) is 0 Å². The fraction of sp³-hybridized carbons (Fsp3) is 0.0233. The molecule has 17 aromatic rings. The first-order chi connectivity index (χ1) is 46.4. The topological polar surface area (TPSA) is 87.2 Å². The molecule has 0 saturated heterocycles. The number of rotatable bonds is 12. The zero-order valence-electron chi connectivity index (χ0n) is 51.6. The lowest BCUT2D eigenvalue weighted by Crippen LogP contribution is -2.02. The van der Waals surface area contributed by atoms with Gasteiger partial charge in [-0.05, 0) is 126 Å². The molecule has 0 fully saturated rings. The smallest absolute Gasteiger partial charge is 0.164 e. The number of benzene rings is 13. The van der Waals surface area contributed by atoms with E-state index in [0.29, 0.717) is 34.9 Å². The molecule has 4 aromatic heterocycles. The molecule has 0 spiro atoms. The van der Waals surface area contributed by atoms with Crippen LogP contribution >= 0.6 is 0 Å². The van der Waals surface area contributed by atoms with Crippen molar-refractivity contribution in [2.24, 2.45) is 0 Å². The third-order valence-corrected chi connectivity index (χ3v) is 17.9. The van der Waals surface area contributed by atoms with Gasteiger partial charge >= 0.3 is 0 Å². The summed E-state index contributed by atoms with van der Waals surface area (Å²) < 4.78 is 4.86. The van der Waals surface area contributed by atoms with Gasteiger partial charge in [0.05, 0.1) is 33.4 Å². The molecule has 94 heavy (non-hydrogen) atoms. The molecule has 0 unspecified atom stereocenters. The van der Waals surface area contributed by atoms with Crippen LogP contribution in [0.4, 0.5) is 0 Å². The van der Waals surface area contributed by atoms with Crippen LogP contribution in [0, 0.1) is 13.8 Å². The van der Waals surface area contributed by atoms with Gasteiger partial charge in [0.1, 0.15) is 0 Å². The number of hydrogen-bond acceptors (Lipinski definition) is 6.